The molecule has 0 radical (unpaired) electrons. The summed E-state index contributed by atoms with van der Waals surface area (Å²) >= 11 is 0. The minimum Gasteiger partial charge on any atom is -0.482 e. The average molecular weight is 265 g/mol. The summed E-state index contributed by atoms with van der Waals surface area (Å²) < 4.78 is 10.6. The van der Waals surface area contributed by atoms with Crippen LogP contribution >= 0.6 is 0 Å². The van der Waals surface area contributed by atoms with Gasteiger partial charge in [0.2, 0.25) is 0 Å². The molecule has 6 nitrogen and oxygen atoms in total. The molecule has 2 heterocycles. The molecule has 0 atom stereocenters. The molecule has 0 aliphatic carbocycles. The number of nitrogens with zero attached hydrogens (tertiary/aromatic N) is 2. The summed E-state index contributed by atoms with van der Waals surface area (Å²) in [7, 11) is 1.87. The number of amides is 1. The fraction of sp³-hybridized carbons (Fsp3) is 0.538. The first-order chi connectivity index (χ1) is 9.29. The molecule has 6 heteroatoms. The summed E-state index contributed by atoms with van der Waals surface area (Å²) in [6.07, 6.45) is 1.64. The molecule has 1 saturated heterocycles. The fourth-order valence-corrected chi connectivity index (χ4v) is 1.83. The normalized spacial score (nSPS) is 15.3. The van der Waals surface area contributed by atoms with E-state index in [0.717, 1.165) is 5.69 Å². The topological polar surface area (TPSA) is 63.7 Å². The zero-order valence-electron chi connectivity index (χ0n) is 11.1. The van der Waals surface area contributed by atoms with E-state index in [4.69, 9.17) is 9.47 Å². The minimum atomic E-state index is -0.0115. The van der Waals surface area contributed by atoms with E-state index in [0.29, 0.717) is 38.6 Å². The van der Waals surface area contributed by atoms with Crippen molar-refractivity contribution < 1.29 is 14.3 Å². The standard InChI is InChI=1S/C13H19N3O3/c1-14-8-11-2-3-12(9-15-11)19-10-13(17)16-4-6-18-7-5-16/h2-3,9,14H,4-8,10H2,1H3. The van der Waals surface area contributed by atoms with E-state index in [2.05, 4.69) is 10.3 Å². The van der Waals surface area contributed by atoms with Crippen LogP contribution in [0, 0.1) is 0 Å². The van der Waals surface area contributed by atoms with Crippen LogP contribution in [0.25, 0.3) is 0 Å². The van der Waals surface area contributed by atoms with Gasteiger partial charge in [0.25, 0.3) is 5.91 Å². The quantitative estimate of drug-likeness (QED) is 0.814. The van der Waals surface area contributed by atoms with Crippen LogP contribution in [-0.2, 0) is 16.1 Å². The van der Waals surface area contributed by atoms with Crippen LogP contribution < -0.4 is 10.1 Å². The highest BCUT2D eigenvalue weighted by molar-refractivity contribution is 5.77. The molecule has 0 bridgehead atoms. The van der Waals surface area contributed by atoms with Gasteiger partial charge < -0.3 is 19.7 Å². The van der Waals surface area contributed by atoms with Gasteiger partial charge in [0, 0.05) is 19.6 Å². The van der Waals surface area contributed by atoms with E-state index in [1.165, 1.54) is 0 Å². The number of carbonyl (C=O) groups excluding carboxylic acids is 1. The third-order valence-corrected chi connectivity index (χ3v) is 2.88. The van der Waals surface area contributed by atoms with Gasteiger partial charge >= 0.3 is 0 Å². The largest absolute Gasteiger partial charge is 0.482 e. The van der Waals surface area contributed by atoms with E-state index in [-0.39, 0.29) is 12.5 Å². The molecule has 104 valence electrons. The van der Waals surface area contributed by atoms with Gasteiger partial charge in [0.15, 0.2) is 6.61 Å². The van der Waals surface area contributed by atoms with Crippen LogP contribution in [0.3, 0.4) is 0 Å². The smallest absolute Gasteiger partial charge is 0.260 e. The molecule has 1 aliphatic rings. The number of hydrogen-bond donors (Lipinski definition) is 1. The zero-order chi connectivity index (χ0) is 13.5. The van der Waals surface area contributed by atoms with Crippen LogP contribution in [0.5, 0.6) is 5.75 Å². The second kappa shape index (κ2) is 7.06. The Morgan fingerprint density at radius 2 is 2.26 bits per heavy atom. The number of ether oxygens (including phenoxy) is 2. The van der Waals surface area contributed by atoms with Gasteiger partial charge in [-0.25, -0.2) is 0 Å². The number of morpholine rings is 1. The molecular formula is C13H19N3O3. The molecule has 1 aliphatic heterocycles. The lowest BCUT2D eigenvalue weighted by molar-refractivity contribution is -0.137. The summed E-state index contributed by atoms with van der Waals surface area (Å²) in [5.74, 6) is 0.601. The Bertz CT molecular complexity index is 402. The predicted octanol–water partition coefficient (Wildman–Crippen LogP) is 0.0386. The number of carbonyl (C=O) groups is 1. The fourth-order valence-electron chi connectivity index (χ4n) is 1.83. The first-order valence-corrected chi connectivity index (χ1v) is 6.37. The van der Waals surface area contributed by atoms with Crippen LogP contribution in [0.4, 0.5) is 0 Å². The highest BCUT2D eigenvalue weighted by atomic mass is 16.5. The van der Waals surface area contributed by atoms with Crippen LogP contribution in [0.2, 0.25) is 0 Å². The number of hydrogen-bond acceptors (Lipinski definition) is 5. The van der Waals surface area contributed by atoms with Crippen molar-refractivity contribution in [1.82, 2.24) is 15.2 Å². The summed E-state index contributed by atoms with van der Waals surface area (Å²) in [5, 5.41) is 3.02. The highest BCUT2D eigenvalue weighted by Crippen LogP contribution is 2.09. The highest BCUT2D eigenvalue weighted by Gasteiger charge is 2.17. The lowest BCUT2D eigenvalue weighted by Gasteiger charge is -2.26. The summed E-state index contributed by atoms with van der Waals surface area (Å²) in [6.45, 7) is 3.25. The molecule has 0 unspecified atom stereocenters. The zero-order valence-corrected chi connectivity index (χ0v) is 11.1. The van der Waals surface area contributed by atoms with Crippen molar-refractivity contribution in [1.29, 1.82) is 0 Å². The summed E-state index contributed by atoms with van der Waals surface area (Å²) in [6, 6.07) is 3.71. The molecule has 1 aromatic heterocycles. The second-order valence-electron chi connectivity index (χ2n) is 4.30. The maximum absolute atomic E-state index is 11.9. The Hall–Kier alpha value is -1.66. The lowest BCUT2D eigenvalue weighted by atomic mass is 10.3. The maximum Gasteiger partial charge on any atom is 0.260 e. The van der Waals surface area contributed by atoms with Crippen molar-refractivity contribution in [3.63, 3.8) is 0 Å². The first-order valence-electron chi connectivity index (χ1n) is 6.37. The van der Waals surface area contributed by atoms with Crippen molar-refractivity contribution in [3.8, 4) is 5.75 Å². The predicted molar refractivity (Wildman–Crippen MR) is 69.9 cm³/mol. The van der Waals surface area contributed by atoms with Gasteiger partial charge in [-0.15, -0.1) is 0 Å². The molecule has 1 fully saturated rings. The van der Waals surface area contributed by atoms with Gasteiger partial charge in [0.1, 0.15) is 5.75 Å². The second-order valence-corrected chi connectivity index (χ2v) is 4.30. The molecule has 1 amide bonds. The molecule has 0 saturated carbocycles. The minimum absolute atomic E-state index is 0.0115. The van der Waals surface area contributed by atoms with Gasteiger partial charge in [-0.1, -0.05) is 0 Å². The van der Waals surface area contributed by atoms with Gasteiger partial charge in [-0.3, -0.25) is 9.78 Å². The van der Waals surface area contributed by atoms with Crippen molar-refractivity contribution in [2.45, 2.75) is 6.54 Å². The summed E-state index contributed by atoms with van der Waals surface area (Å²) in [4.78, 5) is 17.8. The number of aromatic nitrogens is 1. The number of pyridine rings is 1. The average Bonchev–Trinajstić information content (AvgIpc) is 2.47. The third kappa shape index (κ3) is 4.18. The van der Waals surface area contributed by atoms with E-state index in [9.17, 15) is 4.79 Å². The Morgan fingerprint density at radius 3 is 2.89 bits per heavy atom. The van der Waals surface area contributed by atoms with Crippen molar-refractivity contribution in [2.24, 2.45) is 0 Å². The van der Waals surface area contributed by atoms with E-state index in [1.54, 1.807) is 11.1 Å². The van der Waals surface area contributed by atoms with Crippen LogP contribution in [-0.4, -0.2) is 55.7 Å². The van der Waals surface area contributed by atoms with Gasteiger partial charge in [0.05, 0.1) is 25.1 Å². The molecule has 19 heavy (non-hydrogen) atoms. The Kier molecular flexibility index (Phi) is 5.11. The number of nitrogens with one attached hydrogen (secondary N) is 1. The van der Waals surface area contributed by atoms with E-state index in [1.807, 2.05) is 19.2 Å². The van der Waals surface area contributed by atoms with Crippen molar-refractivity contribution >= 4 is 5.91 Å². The first kappa shape index (κ1) is 13.8. The molecular weight excluding hydrogens is 246 g/mol. The number of rotatable bonds is 5. The van der Waals surface area contributed by atoms with Crippen LogP contribution in [0.15, 0.2) is 18.3 Å². The van der Waals surface area contributed by atoms with Gasteiger partial charge in [-0.05, 0) is 19.2 Å². The Morgan fingerprint density at radius 1 is 1.47 bits per heavy atom. The molecule has 1 N–H and O–H groups in total. The third-order valence-electron chi connectivity index (χ3n) is 2.88. The molecule has 1 aromatic rings. The van der Waals surface area contributed by atoms with Crippen molar-refractivity contribution in [2.75, 3.05) is 40.0 Å². The molecule has 2 rings (SSSR count). The van der Waals surface area contributed by atoms with Crippen molar-refractivity contribution in [3.05, 3.63) is 24.0 Å². The lowest BCUT2D eigenvalue weighted by Crippen LogP contribution is -2.42. The SMILES string of the molecule is CNCc1ccc(OCC(=O)N2CCOCC2)cn1. The van der Waals surface area contributed by atoms with Gasteiger partial charge in [-0.2, -0.15) is 0 Å². The monoisotopic (exact) mass is 265 g/mol. The molecule has 0 spiro atoms. The summed E-state index contributed by atoms with van der Waals surface area (Å²) in [5.41, 5.74) is 0.939. The Labute approximate surface area is 112 Å². The van der Waals surface area contributed by atoms with Crippen LogP contribution in [0.1, 0.15) is 5.69 Å². The maximum atomic E-state index is 11.9. The molecule has 0 aromatic carbocycles. The van der Waals surface area contributed by atoms with E-state index < -0.39 is 0 Å². The van der Waals surface area contributed by atoms with E-state index >= 15 is 0 Å². The Balaban J connectivity index is 1.79.